The number of nitrogens with zero attached hydrogens (tertiary/aromatic N) is 3. The number of nitrogen functional groups attached to an aromatic ring is 1. The summed E-state index contributed by atoms with van der Waals surface area (Å²) in [5, 5.41) is 1.04. The first-order chi connectivity index (χ1) is 8.70. The van der Waals surface area contributed by atoms with Crippen molar-refractivity contribution in [3.8, 4) is 0 Å². The van der Waals surface area contributed by atoms with E-state index in [1.165, 1.54) is 35.6 Å². The van der Waals surface area contributed by atoms with Crippen LogP contribution >= 0.6 is 11.8 Å². The number of hydrogen-bond donors (Lipinski definition) is 1. The van der Waals surface area contributed by atoms with E-state index in [0.29, 0.717) is 11.9 Å². The van der Waals surface area contributed by atoms with E-state index >= 15 is 0 Å². The molecule has 1 saturated heterocycles. The van der Waals surface area contributed by atoms with E-state index in [2.05, 4.69) is 28.4 Å². The Bertz CT molecular complexity index is 584. The standard InChI is InChI=1S/C13H18N4S/c1-8-9(2)17(10-3-5-18-6-4-10)13-11(8)12(14)15-7-16-13/h7,10H,3-6H2,1-2H3,(H2,14,15,16). The van der Waals surface area contributed by atoms with Crippen molar-refractivity contribution in [3.05, 3.63) is 17.6 Å². The second-order valence-corrected chi connectivity index (χ2v) is 6.11. The number of aromatic nitrogens is 3. The van der Waals surface area contributed by atoms with Crippen LogP contribution in [-0.4, -0.2) is 26.0 Å². The monoisotopic (exact) mass is 262 g/mol. The lowest BCUT2D eigenvalue weighted by Crippen LogP contribution is -2.16. The molecule has 1 aliphatic rings. The minimum Gasteiger partial charge on any atom is -0.383 e. The van der Waals surface area contributed by atoms with Gasteiger partial charge in [0.25, 0.3) is 0 Å². The van der Waals surface area contributed by atoms with Crippen molar-refractivity contribution in [1.82, 2.24) is 14.5 Å². The van der Waals surface area contributed by atoms with Crippen LogP contribution in [0.4, 0.5) is 5.82 Å². The molecule has 0 radical (unpaired) electrons. The minimum atomic E-state index is 0.566. The molecule has 3 heterocycles. The van der Waals surface area contributed by atoms with Crippen LogP contribution in [0.15, 0.2) is 6.33 Å². The van der Waals surface area contributed by atoms with Crippen molar-refractivity contribution in [2.45, 2.75) is 32.7 Å². The summed E-state index contributed by atoms with van der Waals surface area (Å²) in [6, 6.07) is 0.566. The van der Waals surface area contributed by atoms with Gasteiger partial charge in [0.2, 0.25) is 0 Å². The van der Waals surface area contributed by atoms with Gasteiger partial charge >= 0.3 is 0 Å². The fraction of sp³-hybridized carbons (Fsp3) is 0.538. The average molecular weight is 262 g/mol. The lowest BCUT2D eigenvalue weighted by Gasteiger charge is -2.25. The fourth-order valence-electron chi connectivity index (χ4n) is 2.84. The second kappa shape index (κ2) is 4.46. The third-order valence-electron chi connectivity index (χ3n) is 3.92. The van der Waals surface area contributed by atoms with Crippen LogP contribution in [0.2, 0.25) is 0 Å². The lowest BCUT2D eigenvalue weighted by molar-refractivity contribution is 0.472. The van der Waals surface area contributed by atoms with Gasteiger partial charge in [0.1, 0.15) is 17.8 Å². The molecule has 2 aromatic rings. The molecule has 0 atom stereocenters. The average Bonchev–Trinajstić information content (AvgIpc) is 2.64. The predicted octanol–water partition coefficient (Wildman–Crippen LogP) is 2.70. The maximum atomic E-state index is 6.00. The Kier molecular flexibility index (Phi) is 2.93. The third-order valence-corrected chi connectivity index (χ3v) is 4.97. The smallest absolute Gasteiger partial charge is 0.146 e. The van der Waals surface area contributed by atoms with Crippen LogP contribution < -0.4 is 5.73 Å². The molecule has 0 amide bonds. The van der Waals surface area contributed by atoms with Crippen molar-refractivity contribution in [3.63, 3.8) is 0 Å². The summed E-state index contributed by atoms with van der Waals surface area (Å²) in [5.74, 6) is 3.08. The predicted molar refractivity (Wildman–Crippen MR) is 77.0 cm³/mol. The lowest BCUT2D eigenvalue weighted by atomic mass is 10.1. The van der Waals surface area contributed by atoms with Crippen molar-refractivity contribution in [2.75, 3.05) is 17.2 Å². The first kappa shape index (κ1) is 11.8. The fourth-order valence-corrected chi connectivity index (χ4v) is 3.92. The zero-order valence-electron chi connectivity index (χ0n) is 10.8. The molecule has 96 valence electrons. The van der Waals surface area contributed by atoms with Crippen molar-refractivity contribution < 1.29 is 0 Å². The molecule has 2 N–H and O–H groups in total. The Morgan fingerprint density at radius 1 is 1.28 bits per heavy atom. The zero-order valence-corrected chi connectivity index (χ0v) is 11.6. The summed E-state index contributed by atoms with van der Waals surface area (Å²) in [6.07, 6.45) is 4.02. The summed E-state index contributed by atoms with van der Waals surface area (Å²) in [4.78, 5) is 8.58. The number of rotatable bonds is 1. The number of aryl methyl sites for hydroxylation is 1. The number of hydrogen-bond acceptors (Lipinski definition) is 4. The minimum absolute atomic E-state index is 0.566. The number of thioether (sulfide) groups is 1. The molecular formula is C13H18N4S. The highest BCUT2D eigenvalue weighted by Gasteiger charge is 2.22. The Hall–Kier alpha value is -1.23. The van der Waals surface area contributed by atoms with Gasteiger partial charge < -0.3 is 10.3 Å². The molecule has 0 aromatic carbocycles. The van der Waals surface area contributed by atoms with Gasteiger partial charge in [-0.3, -0.25) is 0 Å². The molecule has 4 nitrogen and oxygen atoms in total. The topological polar surface area (TPSA) is 56.7 Å². The summed E-state index contributed by atoms with van der Waals surface area (Å²) in [7, 11) is 0. The first-order valence-corrected chi connectivity index (χ1v) is 7.51. The van der Waals surface area contributed by atoms with Crippen molar-refractivity contribution >= 4 is 28.6 Å². The molecule has 1 fully saturated rings. The molecule has 18 heavy (non-hydrogen) atoms. The molecule has 5 heteroatoms. The van der Waals surface area contributed by atoms with E-state index < -0.39 is 0 Å². The van der Waals surface area contributed by atoms with E-state index in [9.17, 15) is 0 Å². The van der Waals surface area contributed by atoms with E-state index in [4.69, 9.17) is 5.73 Å². The molecule has 0 aliphatic carbocycles. The van der Waals surface area contributed by atoms with Gasteiger partial charge in [-0.2, -0.15) is 11.8 Å². The van der Waals surface area contributed by atoms with E-state index in [1.54, 1.807) is 6.33 Å². The molecule has 3 rings (SSSR count). The zero-order chi connectivity index (χ0) is 12.7. The number of anilines is 1. The highest BCUT2D eigenvalue weighted by molar-refractivity contribution is 7.99. The Morgan fingerprint density at radius 2 is 2.00 bits per heavy atom. The first-order valence-electron chi connectivity index (χ1n) is 6.35. The molecule has 0 spiro atoms. The van der Waals surface area contributed by atoms with Crippen molar-refractivity contribution in [1.29, 1.82) is 0 Å². The van der Waals surface area contributed by atoms with Crippen molar-refractivity contribution in [2.24, 2.45) is 0 Å². The summed E-state index contributed by atoms with van der Waals surface area (Å²) in [6.45, 7) is 4.28. The van der Waals surface area contributed by atoms with Crippen LogP contribution in [-0.2, 0) is 0 Å². The molecule has 2 aromatic heterocycles. The number of fused-ring (bicyclic) bond motifs is 1. The SMILES string of the molecule is Cc1c(C)n(C2CCSCC2)c2ncnc(N)c12. The van der Waals surface area contributed by atoms with Gasteiger partial charge in [-0.05, 0) is 43.8 Å². The largest absolute Gasteiger partial charge is 0.383 e. The highest BCUT2D eigenvalue weighted by Crippen LogP contribution is 2.35. The normalized spacial score (nSPS) is 17.4. The van der Waals surface area contributed by atoms with Crippen LogP contribution in [0, 0.1) is 13.8 Å². The second-order valence-electron chi connectivity index (χ2n) is 4.88. The molecule has 0 bridgehead atoms. The van der Waals surface area contributed by atoms with Crippen LogP contribution in [0.5, 0.6) is 0 Å². The molecule has 0 unspecified atom stereocenters. The van der Waals surface area contributed by atoms with Crippen LogP contribution in [0.1, 0.15) is 30.1 Å². The van der Waals surface area contributed by atoms with E-state index in [1.807, 2.05) is 11.8 Å². The summed E-state index contributed by atoms with van der Waals surface area (Å²) in [5.41, 5.74) is 9.52. The van der Waals surface area contributed by atoms with Gasteiger partial charge in [-0.1, -0.05) is 0 Å². The molecular weight excluding hydrogens is 244 g/mol. The summed E-state index contributed by atoms with van der Waals surface area (Å²) >= 11 is 2.04. The van der Waals surface area contributed by atoms with Crippen LogP contribution in [0.25, 0.3) is 11.0 Å². The molecule has 1 aliphatic heterocycles. The molecule has 0 saturated carbocycles. The maximum absolute atomic E-state index is 6.00. The summed E-state index contributed by atoms with van der Waals surface area (Å²) < 4.78 is 2.38. The third kappa shape index (κ3) is 1.68. The van der Waals surface area contributed by atoms with Gasteiger partial charge in [0.15, 0.2) is 0 Å². The Morgan fingerprint density at radius 3 is 2.72 bits per heavy atom. The van der Waals surface area contributed by atoms with Gasteiger partial charge in [0, 0.05) is 11.7 Å². The highest BCUT2D eigenvalue weighted by atomic mass is 32.2. The Balaban J connectivity index is 2.22. The van der Waals surface area contributed by atoms with Gasteiger partial charge in [0.05, 0.1) is 5.39 Å². The maximum Gasteiger partial charge on any atom is 0.146 e. The van der Waals surface area contributed by atoms with Gasteiger partial charge in [-0.15, -0.1) is 0 Å². The van der Waals surface area contributed by atoms with E-state index in [-0.39, 0.29) is 0 Å². The number of nitrogens with two attached hydrogens (primary N) is 1. The van der Waals surface area contributed by atoms with E-state index in [0.717, 1.165) is 11.0 Å². The van der Waals surface area contributed by atoms with Gasteiger partial charge in [-0.25, -0.2) is 9.97 Å². The quantitative estimate of drug-likeness (QED) is 0.858. The Labute approximate surface area is 111 Å². The van der Waals surface area contributed by atoms with Crippen LogP contribution in [0.3, 0.4) is 0 Å².